The molecule has 6 heteroatoms. The fourth-order valence-electron chi connectivity index (χ4n) is 4.15. The van der Waals surface area contributed by atoms with Crippen LogP contribution in [0.15, 0.2) is 54.6 Å². The van der Waals surface area contributed by atoms with E-state index in [0.29, 0.717) is 26.3 Å². The van der Waals surface area contributed by atoms with Gasteiger partial charge in [-0.3, -0.25) is 14.5 Å². The predicted molar refractivity (Wildman–Crippen MR) is 116 cm³/mol. The minimum atomic E-state index is -0.438. The quantitative estimate of drug-likeness (QED) is 0.771. The van der Waals surface area contributed by atoms with Crippen LogP contribution in [0.5, 0.6) is 0 Å². The van der Waals surface area contributed by atoms with E-state index in [1.54, 1.807) is 0 Å². The molecule has 2 aromatic rings. The molecule has 2 saturated heterocycles. The Morgan fingerprint density at radius 3 is 2.47 bits per heavy atom. The molecule has 2 amide bonds. The first kappa shape index (κ1) is 20.6. The second kappa shape index (κ2) is 9.87. The summed E-state index contributed by atoms with van der Waals surface area (Å²) in [6.45, 7) is 3.36. The molecular formula is C24H29N3O3. The van der Waals surface area contributed by atoms with Crippen LogP contribution in [0.1, 0.15) is 24.8 Å². The van der Waals surface area contributed by atoms with Gasteiger partial charge in [0.05, 0.1) is 12.5 Å². The Balaban J connectivity index is 1.38. The van der Waals surface area contributed by atoms with E-state index in [2.05, 4.69) is 51.9 Å². The largest absolute Gasteiger partial charge is 0.381 e. The van der Waals surface area contributed by atoms with E-state index >= 15 is 0 Å². The maximum Gasteiger partial charge on any atom is 0.237 e. The molecule has 2 aliphatic heterocycles. The van der Waals surface area contributed by atoms with E-state index in [1.165, 1.54) is 11.1 Å². The first-order chi connectivity index (χ1) is 14.7. The topological polar surface area (TPSA) is 70.7 Å². The van der Waals surface area contributed by atoms with E-state index in [0.717, 1.165) is 24.9 Å². The van der Waals surface area contributed by atoms with Gasteiger partial charge in [0.1, 0.15) is 0 Å². The number of hydrogen-bond acceptors (Lipinski definition) is 4. The van der Waals surface area contributed by atoms with Gasteiger partial charge in [0.15, 0.2) is 0 Å². The van der Waals surface area contributed by atoms with Gasteiger partial charge in [-0.25, -0.2) is 0 Å². The third-order valence-corrected chi connectivity index (χ3v) is 5.85. The molecule has 0 aliphatic carbocycles. The second-order valence-corrected chi connectivity index (χ2v) is 8.00. The summed E-state index contributed by atoms with van der Waals surface area (Å²) in [5.74, 6) is -0.127. The molecule has 2 fully saturated rings. The summed E-state index contributed by atoms with van der Waals surface area (Å²) in [4.78, 5) is 27.2. The lowest BCUT2D eigenvalue weighted by atomic mass is 10.0. The van der Waals surface area contributed by atoms with Crippen molar-refractivity contribution < 1.29 is 14.3 Å². The molecule has 30 heavy (non-hydrogen) atoms. The van der Waals surface area contributed by atoms with E-state index in [1.807, 2.05) is 18.2 Å². The Bertz CT molecular complexity index is 848. The number of nitrogens with one attached hydrogen (secondary N) is 2. The van der Waals surface area contributed by atoms with Crippen LogP contribution < -0.4 is 10.6 Å². The highest BCUT2D eigenvalue weighted by Gasteiger charge is 2.32. The van der Waals surface area contributed by atoms with Gasteiger partial charge in [-0.1, -0.05) is 54.6 Å². The smallest absolute Gasteiger partial charge is 0.237 e. The highest BCUT2D eigenvalue weighted by Crippen LogP contribution is 2.21. The highest BCUT2D eigenvalue weighted by atomic mass is 16.5. The molecule has 4 rings (SSSR count). The van der Waals surface area contributed by atoms with Crippen molar-refractivity contribution in [3.05, 3.63) is 60.2 Å². The Hall–Kier alpha value is -2.70. The van der Waals surface area contributed by atoms with Crippen molar-refractivity contribution in [3.63, 3.8) is 0 Å². The maximum absolute atomic E-state index is 12.6. The zero-order chi connectivity index (χ0) is 20.8. The van der Waals surface area contributed by atoms with Crippen LogP contribution in [0.3, 0.4) is 0 Å². The molecule has 2 aliphatic rings. The normalized spacial score (nSPS) is 20.5. The monoisotopic (exact) mass is 407 g/mol. The maximum atomic E-state index is 12.6. The number of ether oxygens (including phenoxy) is 1. The summed E-state index contributed by atoms with van der Waals surface area (Å²) in [5.41, 5.74) is 3.49. The lowest BCUT2D eigenvalue weighted by molar-refractivity contribution is -0.134. The summed E-state index contributed by atoms with van der Waals surface area (Å²) in [5, 5.41) is 5.98. The molecule has 0 radical (unpaired) electrons. The fourth-order valence-corrected chi connectivity index (χ4v) is 4.15. The Labute approximate surface area is 177 Å². The number of piperazine rings is 1. The first-order valence-electron chi connectivity index (χ1n) is 10.7. The van der Waals surface area contributed by atoms with Crippen LogP contribution in [-0.4, -0.2) is 55.1 Å². The number of carbonyl (C=O) groups excluding carboxylic acids is 2. The third-order valence-electron chi connectivity index (χ3n) is 5.85. The number of carbonyl (C=O) groups is 2. The Morgan fingerprint density at radius 2 is 1.73 bits per heavy atom. The first-order valence-corrected chi connectivity index (χ1v) is 10.7. The zero-order valence-corrected chi connectivity index (χ0v) is 17.2. The van der Waals surface area contributed by atoms with Gasteiger partial charge < -0.3 is 15.4 Å². The zero-order valence-electron chi connectivity index (χ0n) is 17.2. The number of benzene rings is 2. The van der Waals surface area contributed by atoms with Crippen LogP contribution in [0, 0.1) is 0 Å². The van der Waals surface area contributed by atoms with Gasteiger partial charge in [0.25, 0.3) is 0 Å². The summed E-state index contributed by atoms with van der Waals surface area (Å²) in [6, 6.07) is 18.4. The molecule has 2 aromatic carbocycles. The molecular weight excluding hydrogens is 378 g/mol. The fraction of sp³-hybridized carbons (Fsp3) is 0.417. The standard InChI is InChI=1S/C24H29N3O3/c28-23(26-21-10-14-30-15-11-21)16-22-24(29)25-12-13-27(22)17-18-6-8-20(9-7-18)19-4-2-1-3-5-19/h1-9,21-22H,10-17H2,(H,25,29)(H,26,28). The van der Waals surface area contributed by atoms with Crippen molar-refractivity contribution in [2.24, 2.45) is 0 Å². The van der Waals surface area contributed by atoms with Crippen molar-refractivity contribution >= 4 is 11.8 Å². The number of nitrogens with zero attached hydrogens (tertiary/aromatic N) is 1. The highest BCUT2D eigenvalue weighted by molar-refractivity contribution is 5.88. The summed E-state index contributed by atoms with van der Waals surface area (Å²) < 4.78 is 5.34. The number of rotatable bonds is 6. The van der Waals surface area contributed by atoms with Gasteiger partial charge in [0, 0.05) is 38.9 Å². The van der Waals surface area contributed by atoms with Crippen LogP contribution >= 0.6 is 0 Å². The summed E-state index contributed by atoms with van der Waals surface area (Å²) >= 11 is 0. The minimum absolute atomic E-state index is 0.0617. The van der Waals surface area contributed by atoms with Crippen LogP contribution in [0.2, 0.25) is 0 Å². The van der Waals surface area contributed by atoms with Gasteiger partial charge in [-0.05, 0) is 29.5 Å². The SMILES string of the molecule is O=C(CC1C(=O)NCCN1Cc1ccc(-c2ccccc2)cc1)NC1CCOCC1. The average Bonchev–Trinajstić information content (AvgIpc) is 2.78. The molecule has 0 aromatic heterocycles. The lowest BCUT2D eigenvalue weighted by Gasteiger charge is -2.35. The van der Waals surface area contributed by atoms with E-state index in [4.69, 9.17) is 4.74 Å². The van der Waals surface area contributed by atoms with Crippen LogP contribution in [-0.2, 0) is 20.9 Å². The minimum Gasteiger partial charge on any atom is -0.381 e. The molecule has 1 unspecified atom stereocenters. The van der Waals surface area contributed by atoms with Gasteiger partial charge >= 0.3 is 0 Å². The van der Waals surface area contributed by atoms with Crippen molar-refractivity contribution in [1.82, 2.24) is 15.5 Å². The molecule has 0 saturated carbocycles. The van der Waals surface area contributed by atoms with Crippen LogP contribution in [0.4, 0.5) is 0 Å². The molecule has 0 spiro atoms. The van der Waals surface area contributed by atoms with Gasteiger partial charge in [-0.2, -0.15) is 0 Å². The van der Waals surface area contributed by atoms with Crippen molar-refractivity contribution in [2.45, 2.75) is 37.9 Å². The molecule has 2 N–H and O–H groups in total. The summed E-state index contributed by atoms with van der Waals surface area (Å²) in [6.07, 6.45) is 1.85. The van der Waals surface area contributed by atoms with E-state index in [-0.39, 0.29) is 24.3 Å². The summed E-state index contributed by atoms with van der Waals surface area (Å²) in [7, 11) is 0. The third kappa shape index (κ3) is 5.26. The van der Waals surface area contributed by atoms with Crippen molar-refractivity contribution in [3.8, 4) is 11.1 Å². The van der Waals surface area contributed by atoms with Gasteiger partial charge in [-0.15, -0.1) is 0 Å². The Kier molecular flexibility index (Phi) is 6.77. The molecule has 0 bridgehead atoms. The lowest BCUT2D eigenvalue weighted by Crippen LogP contribution is -2.56. The Morgan fingerprint density at radius 1 is 1.03 bits per heavy atom. The second-order valence-electron chi connectivity index (χ2n) is 8.00. The van der Waals surface area contributed by atoms with E-state index < -0.39 is 6.04 Å². The molecule has 1 atom stereocenters. The molecule has 6 nitrogen and oxygen atoms in total. The van der Waals surface area contributed by atoms with Crippen molar-refractivity contribution in [1.29, 1.82) is 0 Å². The number of hydrogen-bond donors (Lipinski definition) is 2. The van der Waals surface area contributed by atoms with Crippen molar-refractivity contribution in [2.75, 3.05) is 26.3 Å². The molecule has 2 heterocycles. The number of amides is 2. The average molecular weight is 408 g/mol. The molecule has 158 valence electrons. The predicted octanol–water partition coefficient (Wildman–Crippen LogP) is 2.34. The van der Waals surface area contributed by atoms with Crippen LogP contribution in [0.25, 0.3) is 11.1 Å². The van der Waals surface area contributed by atoms with E-state index in [9.17, 15) is 9.59 Å². The van der Waals surface area contributed by atoms with Gasteiger partial charge in [0.2, 0.25) is 11.8 Å².